The van der Waals surface area contributed by atoms with Crippen LogP contribution in [0.5, 0.6) is 0 Å². The molecule has 0 rings (SSSR count). The highest BCUT2D eigenvalue weighted by Crippen LogP contribution is 1.81. The Morgan fingerprint density at radius 3 is 3.00 bits per heavy atom. The smallest absolute Gasteiger partial charge is 0.223 e. The van der Waals surface area contributed by atoms with Gasteiger partial charge in [-0.3, -0.25) is 4.79 Å². The molecule has 0 radical (unpaired) electrons. The summed E-state index contributed by atoms with van der Waals surface area (Å²) in [6.07, 6.45) is 5.32. The number of hydrogen-bond donors (Lipinski definition) is 1. The molecule has 0 aromatic heterocycles. The molecule has 1 N–H and O–H groups in total. The van der Waals surface area contributed by atoms with Gasteiger partial charge >= 0.3 is 0 Å². The normalized spacial score (nSPS) is 8.73. The molecule has 0 aliphatic rings. The van der Waals surface area contributed by atoms with Crippen LogP contribution in [0.25, 0.3) is 0 Å². The summed E-state index contributed by atoms with van der Waals surface area (Å²) in [6, 6.07) is 0. The fraction of sp³-hybridized carbons (Fsp3) is 0.625. The van der Waals surface area contributed by atoms with E-state index in [1.54, 1.807) is 0 Å². The summed E-state index contributed by atoms with van der Waals surface area (Å²) in [5, 5.41) is 2.54. The lowest BCUT2D eigenvalue weighted by atomic mass is 10.4. The Balaban J connectivity index is 3.17. The molecule has 0 spiro atoms. The van der Waals surface area contributed by atoms with Crippen LogP contribution in [0.4, 0.5) is 0 Å². The molecular weight excluding hydrogens is 142 g/mol. The first kappa shape index (κ1) is 9.99. The molecular formula is C8H13NO2. The number of nitrogens with one attached hydrogen (secondary N) is 1. The van der Waals surface area contributed by atoms with Crippen molar-refractivity contribution in [2.45, 2.75) is 13.3 Å². The van der Waals surface area contributed by atoms with Gasteiger partial charge in [-0.25, -0.2) is 0 Å². The summed E-state index contributed by atoms with van der Waals surface area (Å²) >= 11 is 0. The number of hydrogen-bond acceptors (Lipinski definition) is 2. The average Bonchev–Trinajstić information content (AvgIpc) is 2.01. The van der Waals surface area contributed by atoms with Crippen molar-refractivity contribution in [1.29, 1.82) is 0 Å². The van der Waals surface area contributed by atoms with Crippen LogP contribution in [0, 0.1) is 12.3 Å². The summed E-state index contributed by atoms with van der Waals surface area (Å²) in [5.41, 5.74) is 0. The van der Waals surface area contributed by atoms with E-state index < -0.39 is 0 Å². The largest absolute Gasteiger partial charge is 0.381 e. The van der Waals surface area contributed by atoms with Gasteiger partial charge in [0.15, 0.2) is 0 Å². The molecule has 0 aliphatic heterocycles. The van der Waals surface area contributed by atoms with Gasteiger partial charge in [-0.1, -0.05) is 5.92 Å². The predicted octanol–water partition coefficient (Wildman–Crippen LogP) is 0.162. The molecule has 0 aromatic rings. The number of terminal acetylenes is 1. The number of amides is 1. The molecule has 0 saturated carbocycles. The third kappa shape index (κ3) is 6.88. The third-order valence-electron chi connectivity index (χ3n) is 1.07. The molecule has 0 aliphatic carbocycles. The molecule has 62 valence electrons. The molecule has 0 fully saturated rings. The molecule has 0 aromatic carbocycles. The summed E-state index contributed by atoms with van der Waals surface area (Å²) in [7, 11) is 0. The minimum absolute atomic E-state index is 0.0589. The van der Waals surface area contributed by atoms with Gasteiger partial charge in [-0.2, -0.15) is 0 Å². The first-order valence-corrected chi connectivity index (χ1v) is 3.59. The van der Waals surface area contributed by atoms with E-state index in [2.05, 4.69) is 11.2 Å². The van der Waals surface area contributed by atoms with Crippen LogP contribution < -0.4 is 5.32 Å². The lowest BCUT2D eigenvalue weighted by molar-refractivity contribution is -0.121. The molecule has 3 nitrogen and oxygen atoms in total. The Kier molecular flexibility index (Phi) is 6.45. The second kappa shape index (κ2) is 7.10. The zero-order valence-corrected chi connectivity index (χ0v) is 6.72. The summed E-state index contributed by atoms with van der Waals surface area (Å²) in [6.45, 7) is 3.29. The number of rotatable bonds is 5. The fourth-order valence-corrected chi connectivity index (χ4v) is 0.547. The van der Waals surface area contributed by atoms with Crippen molar-refractivity contribution in [3.8, 4) is 12.3 Å². The first-order valence-electron chi connectivity index (χ1n) is 3.59. The van der Waals surface area contributed by atoms with Crippen molar-refractivity contribution in [2.24, 2.45) is 0 Å². The van der Waals surface area contributed by atoms with Gasteiger partial charge in [0.2, 0.25) is 5.91 Å². The van der Waals surface area contributed by atoms with Crippen LogP contribution in [0.3, 0.4) is 0 Å². The van der Waals surface area contributed by atoms with Crippen LogP contribution in [-0.4, -0.2) is 25.7 Å². The summed E-state index contributed by atoms with van der Waals surface area (Å²) < 4.78 is 4.97. The van der Waals surface area contributed by atoms with Gasteiger partial charge in [0.1, 0.15) is 0 Å². The van der Waals surface area contributed by atoms with E-state index in [1.807, 2.05) is 6.92 Å². The Bertz CT molecular complexity index is 149. The topological polar surface area (TPSA) is 38.3 Å². The molecule has 3 heteroatoms. The molecule has 11 heavy (non-hydrogen) atoms. The minimum atomic E-state index is -0.0589. The maximum atomic E-state index is 10.8. The maximum Gasteiger partial charge on any atom is 0.223 e. The fourth-order valence-electron chi connectivity index (χ4n) is 0.547. The molecule has 0 heterocycles. The molecule has 0 atom stereocenters. The third-order valence-corrected chi connectivity index (χ3v) is 1.07. The van der Waals surface area contributed by atoms with Gasteiger partial charge < -0.3 is 10.1 Å². The Labute approximate surface area is 67.1 Å². The van der Waals surface area contributed by atoms with Crippen LogP contribution in [-0.2, 0) is 9.53 Å². The quantitative estimate of drug-likeness (QED) is 0.454. The number of carbonyl (C=O) groups excluding carboxylic acids is 1. The number of carbonyl (C=O) groups is 1. The molecule has 1 amide bonds. The zero-order valence-electron chi connectivity index (χ0n) is 6.72. The van der Waals surface area contributed by atoms with Crippen molar-refractivity contribution in [2.75, 3.05) is 19.8 Å². The van der Waals surface area contributed by atoms with Crippen LogP contribution >= 0.6 is 0 Å². The maximum absolute atomic E-state index is 10.8. The second-order valence-electron chi connectivity index (χ2n) is 1.93. The minimum Gasteiger partial charge on any atom is -0.381 e. The van der Waals surface area contributed by atoms with E-state index in [1.165, 1.54) is 0 Å². The Hall–Kier alpha value is -1.01. The first-order chi connectivity index (χ1) is 5.31. The van der Waals surface area contributed by atoms with Gasteiger partial charge in [0.05, 0.1) is 13.2 Å². The average molecular weight is 155 g/mol. The van der Waals surface area contributed by atoms with Gasteiger partial charge in [0, 0.05) is 13.0 Å². The molecule has 0 saturated heterocycles. The Morgan fingerprint density at radius 1 is 1.73 bits per heavy atom. The predicted molar refractivity (Wildman–Crippen MR) is 43.0 cm³/mol. The Morgan fingerprint density at radius 2 is 2.45 bits per heavy atom. The second-order valence-corrected chi connectivity index (χ2v) is 1.93. The highest BCUT2D eigenvalue weighted by molar-refractivity contribution is 5.76. The monoisotopic (exact) mass is 155 g/mol. The van der Waals surface area contributed by atoms with E-state index in [9.17, 15) is 4.79 Å². The lowest BCUT2D eigenvalue weighted by Crippen LogP contribution is -2.24. The van der Waals surface area contributed by atoms with E-state index in [0.29, 0.717) is 26.2 Å². The molecule has 0 bridgehead atoms. The standard InChI is InChI=1S/C8H13NO2/c1-3-6-9-8(10)5-7-11-4-2/h1H,4-7H2,2H3,(H,9,10). The summed E-state index contributed by atoms with van der Waals surface area (Å²) in [5.74, 6) is 2.26. The van der Waals surface area contributed by atoms with E-state index in [0.717, 1.165) is 0 Å². The van der Waals surface area contributed by atoms with Crippen molar-refractivity contribution < 1.29 is 9.53 Å². The summed E-state index contributed by atoms with van der Waals surface area (Å²) in [4.78, 5) is 10.8. The van der Waals surface area contributed by atoms with Crippen LogP contribution in [0.15, 0.2) is 0 Å². The van der Waals surface area contributed by atoms with Crippen LogP contribution in [0.2, 0.25) is 0 Å². The zero-order chi connectivity index (χ0) is 8.53. The highest BCUT2D eigenvalue weighted by atomic mass is 16.5. The van der Waals surface area contributed by atoms with Gasteiger partial charge in [-0.15, -0.1) is 6.42 Å². The van der Waals surface area contributed by atoms with Crippen LogP contribution in [0.1, 0.15) is 13.3 Å². The van der Waals surface area contributed by atoms with Crippen molar-refractivity contribution in [3.05, 3.63) is 0 Å². The van der Waals surface area contributed by atoms with E-state index in [4.69, 9.17) is 11.2 Å². The highest BCUT2D eigenvalue weighted by Gasteiger charge is 1.97. The van der Waals surface area contributed by atoms with Crippen molar-refractivity contribution >= 4 is 5.91 Å². The van der Waals surface area contributed by atoms with Crippen molar-refractivity contribution in [3.63, 3.8) is 0 Å². The van der Waals surface area contributed by atoms with Crippen molar-refractivity contribution in [1.82, 2.24) is 5.32 Å². The van der Waals surface area contributed by atoms with Gasteiger partial charge in [0.25, 0.3) is 0 Å². The van der Waals surface area contributed by atoms with E-state index >= 15 is 0 Å². The van der Waals surface area contributed by atoms with Gasteiger partial charge in [-0.05, 0) is 6.92 Å². The number of ether oxygens (including phenoxy) is 1. The van der Waals surface area contributed by atoms with E-state index in [-0.39, 0.29) is 5.91 Å². The lowest BCUT2D eigenvalue weighted by Gasteiger charge is -2.00. The SMILES string of the molecule is C#CCNC(=O)CCOCC. The molecule has 0 unspecified atom stereocenters.